The van der Waals surface area contributed by atoms with Crippen molar-refractivity contribution in [3.05, 3.63) is 64.7 Å². The van der Waals surface area contributed by atoms with Crippen LogP contribution in [0.5, 0.6) is 0 Å². The van der Waals surface area contributed by atoms with Crippen LogP contribution in [0.3, 0.4) is 0 Å². The molecule has 154 valence electrons. The van der Waals surface area contributed by atoms with Gasteiger partial charge in [-0.3, -0.25) is 9.13 Å². The SMILES string of the molecule is CCCc1cncn1-c1nc(-c2cc(Cl)cc(Cl)c2)nc(-n2cncc2CCC)n1. The molecular formula is C21H21Cl2N7. The molecule has 0 spiro atoms. The molecule has 0 bridgehead atoms. The standard InChI is InChI=1S/C21H21Cl2N7/c1-3-5-17-10-24-12-29(17)20-26-19(14-7-15(22)9-16(23)8-14)27-21(28-20)30-13-25-11-18(30)6-4-2/h7-13H,3-6H2,1-2H3. The van der Waals surface area contributed by atoms with E-state index in [0.717, 1.165) is 37.1 Å². The first kappa shape index (κ1) is 20.5. The Bertz CT molecular complexity index is 1080. The highest BCUT2D eigenvalue weighted by atomic mass is 35.5. The Morgan fingerprint density at radius 2 is 1.23 bits per heavy atom. The summed E-state index contributed by atoms with van der Waals surface area (Å²) in [6.45, 7) is 4.25. The van der Waals surface area contributed by atoms with E-state index in [2.05, 4.69) is 23.8 Å². The Morgan fingerprint density at radius 3 is 1.70 bits per heavy atom. The van der Waals surface area contributed by atoms with E-state index in [-0.39, 0.29) is 0 Å². The fourth-order valence-electron chi connectivity index (χ4n) is 3.27. The van der Waals surface area contributed by atoms with E-state index < -0.39 is 0 Å². The Labute approximate surface area is 184 Å². The highest BCUT2D eigenvalue weighted by Gasteiger charge is 2.16. The smallest absolute Gasteiger partial charge is 0.240 e. The molecule has 4 rings (SSSR count). The second kappa shape index (κ2) is 8.93. The molecule has 0 aliphatic rings. The number of nitrogens with zero attached hydrogens (tertiary/aromatic N) is 7. The van der Waals surface area contributed by atoms with Crippen molar-refractivity contribution in [3.8, 4) is 23.3 Å². The zero-order valence-corrected chi connectivity index (χ0v) is 18.3. The number of rotatable bonds is 7. The van der Waals surface area contributed by atoms with E-state index in [1.807, 2.05) is 21.5 Å². The topological polar surface area (TPSA) is 74.3 Å². The summed E-state index contributed by atoms with van der Waals surface area (Å²) in [6.07, 6.45) is 10.8. The first-order chi connectivity index (χ1) is 14.6. The minimum absolute atomic E-state index is 0.478. The average Bonchev–Trinajstić information content (AvgIpc) is 3.37. The number of hydrogen-bond donors (Lipinski definition) is 0. The molecule has 7 nitrogen and oxygen atoms in total. The third kappa shape index (κ3) is 4.22. The van der Waals surface area contributed by atoms with Gasteiger partial charge in [-0.25, -0.2) is 9.97 Å². The average molecular weight is 442 g/mol. The molecule has 0 aliphatic carbocycles. The number of benzene rings is 1. The number of aromatic nitrogens is 7. The molecule has 0 saturated heterocycles. The molecule has 0 saturated carbocycles. The summed E-state index contributed by atoms with van der Waals surface area (Å²) in [5, 5.41) is 1.04. The van der Waals surface area contributed by atoms with Gasteiger partial charge in [0.05, 0.1) is 0 Å². The highest BCUT2D eigenvalue weighted by molar-refractivity contribution is 6.35. The van der Waals surface area contributed by atoms with Gasteiger partial charge >= 0.3 is 0 Å². The maximum atomic E-state index is 6.23. The number of imidazole rings is 2. The third-order valence-electron chi connectivity index (χ3n) is 4.61. The summed E-state index contributed by atoms with van der Waals surface area (Å²) < 4.78 is 3.78. The van der Waals surface area contributed by atoms with Gasteiger partial charge in [0.2, 0.25) is 11.9 Å². The molecule has 0 radical (unpaired) electrons. The largest absolute Gasteiger partial charge is 0.271 e. The fourth-order valence-corrected chi connectivity index (χ4v) is 3.79. The summed E-state index contributed by atoms with van der Waals surface area (Å²) in [4.78, 5) is 22.7. The van der Waals surface area contributed by atoms with E-state index in [1.165, 1.54) is 0 Å². The van der Waals surface area contributed by atoms with Gasteiger partial charge in [0.15, 0.2) is 5.82 Å². The van der Waals surface area contributed by atoms with Gasteiger partial charge in [-0.15, -0.1) is 0 Å². The normalized spacial score (nSPS) is 11.2. The predicted octanol–water partition coefficient (Wildman–Crippen LogP) is 5.12. The molecule has 0 atom stereocenters. The maximum absolute atomic E-state index is 6.23. The lowest BCUT2D eigenvalue weighted by Gasteiger charge is -2.12. The summed E-state index contributed by atoms with van der Waals surface area (Å²) in [7, 11) is 0. The van der Waals surface area contributed by atoms with Crippen molar-refractivity contribution in [1.82, 2.24) is 34.1 Å². The first-order valence-electron chi connectivity index (χ1n) is 9.84. The van der Waals surface area contributed by atoms with Crippen LogP contribution in [-0.2, 0) is 12.8 Å². The van der Waals surface area contributed by atoms with Crippen molar-refractivity contribution in [2.45, 2.75) is 39.5 Å². The van der Waals surface area contributed by atoms with Crippen LogP contribution in [-0.4, -0.2) is 34.1 Å². The van der Waals surface area contributed by atoms with Crippen molar-refractivity contribution in [3.63, 3.8) is 0 Å². The summed E-state index contributed by atoms with van der Waals surface area (Å²) in [6, 6.07) is 5.26. The predicted molar refractivity (Wildman–Crippen MR) is 118 cm³/mol. The van der Waals surface area contributed by atoms with E-state index in [4.69, 9.17) is 38.2 Å². The van der Waals surface area contributed by atoms with Crippen molar-refractivity contribution < 1.29 is 0 Å². The first-order valence-corrected chi connectivity index (χ1v) is 10.6. The van der Waals surface area contributed by atoms with Crippen molar-refractivity contribution in [1.29, 1.82) is 0 Å². The van der Waals surface area contributed by atoms with Crippen LogP contribution in [0.4, 0.5) is 0 Å². The van der Waals surface area contributed by atoms with Crippen LogP contribution >= 0.6 is 23.2 Å². The summed E-state index contributed by atoms with van der Waals surface area (Å²) in [5.74, 6) is 1.46. The molecule has 0 aliphatic heterocycles. The lowest BCUT2D eigenvalue weighted by atomic mass is 10.2. The molecule has 1 aromatic carbocycles. The summed E-state index contributed by atoms with van der Waals surface area (Å²) in [5.41, 5.74) is 2.78. The molecule has 9 heteroatoms. The van der Waals surface area contributed by atoms with Gasteiger partial charge in [-0.1, -0.05) is 49.9 Å². The minimum Gasteiger partial charge on any atom is -0.271 e. The third-order valence-corrected chi connectivity index (χ3v) is 5.04. The maximum Gasteiger partial charge on any atom is 0.240 e. The molecule has 0 N–H and O–H groups in total. The van der Waals surface area contributed by atoms with E-state index in [1.54, 1.807) is 30.9 Å². The van der Waals surface area contributed by atoms with Gasteiger partial charge in [-0.05, 0) is 31.0 Å². The van der Waals surface area contributed by atoms with Crippen LogP contribution in [0.1, 0.15) is 38.1 Å². The van der Waals surface area contributed by atoms with Gasteiger partial charge in [0, 0.05) is 39.4 Å². The summed E-state index contributed by atoms with van der Waals surface area (Å²) >= 11 is 12.5. The van der Waals surface area contributed by atoms with Crippen molar-refractivity contribution in [2.24, 2.45) is 0 Å². The zero-order chi connectivity index (χ0) is 21.1. The molecule has 0 fully saturated rings. The Balaban J connectivity index is 1.92. The zero-order valence-electron chi connectivity index (χ0n) is 16.8. The molecule has 0 unspecified atom stereocenters. The van der Waals surface area contributed by atoms with Crippen molar-refractivity contribution >= 4 is 23.2 Å². The molecule has 0 amide bonds. The Kier molecular flexibility index (Phi) is 6.11. The van der Waals surface area contributed by atoms with Crippen LogP contribution in [0, 0.1) is 0 Å². The molecule has 3 aromatic heterocycles. The quantitative estimate of drug-likeness (QED) is 0.397. The highest BCUT2D eigenvalue weighted by Crippen LogP contribution is 2.26. The van der Waals surface area contributed by atoms with E-state index in [9.17, 15) is 0 Å². The second-order valence-corrected chi connectivity index (χ2v) is 7.80. The van der Waals surface area contributed by atoms with Crippen LogP contribution in [0.25, 0.3) is 23.3 Å². The minimum atomic E-state index is 0.478. The Morgan fingerprint density at radius 1 is 0.733 bits per heavy atom. The fraction of sp³-hybridized carbons (Fsp3) is 0.286. The number of aryl methyl sites for hydroxylation is 2. The van der Waals surface area contributed by atoms with E-state index >= 15 is 0 Å². The van der Waals surface area contributed by atoms with Gasteiger partial charge in [0.25, 0.3) is 0 Å². The second-order valence-electron chi connectivity index (χ2n) is 6.93. The van der Waals surface area contributed by atoms with Crippen LogP contribution < -0.4 is 0 Å². The van der Waals surface area contributed by atoms with Crippen LogP contribution in [0.2, 0.25) is 10.0 Å². The number of halogens is 2. The van der Waals surface area contributed by atoms with Gasteiger partial charge in [0.1, 0.15) is 12.7 Å². The van der Waals surface area contributed by atoms with E-state index in [0.29, 0.717) is 33.3 Å². The molecule has 3 heterocycles. The lowest BCUT2D eigenvalue weighted by molar-refractivity contribution is 0.768. The molecule has 30 heavy (non-hydrogen) atoms. The van der Waals surface area contributed by atoms with Crippen LogP contribution in [0.15, 0.2) is 43.2 Å². The van der Waals surface area contributed by atoms with Gasteiger partial charge in [-0.2, -0.15) is 15.0 Å². The van der Waals surface area contributed by atoms with Crippen molar-refractivity contribution in [2.75, 3.05) is 0 Å². The lowest BCUT2D eigenvalue weighted by Crippen LogP contribution is -2.12. The molecular weight excluding hydrogens is 421 g/mol. The van der Waals surface area contributed by atoms with Gasteiger partial charge < -0.3 is 0 Å². The molecule has 4 aromatic rings. The monoisotopic (exact) mass is 441 g/mol. The Hall–Kier alpha value is -2.77. The number of hydrogen-bond acceptors (Lipinski definition) is 5.